The van der Waals surface area contributed by atoms with Crippen LogP contribution in [0.1, 0.15) is 0 Å². The van der Waals surface area contributed by atoms with Crippen molar-refractivity contribution in [3.8, 4) is 0 Å². The van der Waals surface area contributed by atoms with Crippen LogP contribution in [0.4, 0.5) is 0 Å². The number of hydrogen-bond donors (Lipinski definition) is 2. The molecule has 0 fully saturated rings. The van der Waals surface area contributed by atoms with Crippen LogP contribution in [-0.2, 0) is 0 Å². The van der Waals surface area contributed by atoms with Crippen LogP contribution in [0.15, 0.2) is 12.4 Å². The molecule has 0 aromatic carbocycles. The first-order chi connectivity index (χ1) is 3.77. The van der Waals surface area contributed by atoms with E-state index in [0.717, 1.165) is 12.3 Å². The number of rotatable bonds is 4. The number of hydrogen-bond acceptors (Lipinski definition) is 3. The van der Waals surface area contributed by atoms with Gasteiger partial charge in [-0.05, 0) is 6.26 Å². The van der Waals surface area contributed by atoms with Gasteiger partial charge in [0.05, 0.1) is 5.82 Å². The van der Waals surface area contributed by atoms with Crippen LogP contribution in [0.2, 0.25) is 0 Å². The third-order valence-corrected chi connectivity index (χ3v) is 1.27. The van der Waals surface area contributed by atoms with E-state index in [4.69, 9.17) is 5.73 Å². The van der Waals surface area contributed by atoms with Crippen molar-refractivity contribution in [3.63, 3.8) is 0 Å². The van der Waals surface area contributed by atoms with Gasteiger partial charge in [0, 0.05) is 12.3 Å². The van der Waals surface area contributed by atoms with Gasteiger partial charge in [-0.1, -0.05) is 6.58 Å². The average Bonchev–Trinajstić information content (AvgIpc) is 1.66. The molecular formula is C5H12N2S. The minimum absolute atomic E-state index is 0.555. The Morgan fingerprint density at radius 3 is 2.88 bits per heavy atom. The molecule has 0 aromatic rings. The molecule has 48 valence electrons. The standard InChI is InChI=1S/C5H12N2S/c1-5(6)7-3-4-8-2/h7H,1,3-4,6H2,2H3. The van der Waals surface area contributed by atoms with Gasteiger partial charge in [-0.3, -0.25) is 0 Å². The summed E-state index contributed by atoms with van der Waals surface area (Å²) in [6.07, 6.45) is 2.06. The SMILES string of the molecule is C=C(N)NCCSC. The Morgan fingerprint density at radius 1 is 1.88 bits per heavy atom. The molecule has 0 unspecified atom stereocenters. The zero-order chi connectivity index (χ0) is 6.41. The second-order valence-electron chi connectivity index (χ2n) is 1.44. The number of thioether (sulfide) groups is 1. The van der Waals surface area contributed by atoms with E-state index in [-0.39, 0.29) is 0 Å². The monoisotopic (exact) mass is 132 g/mol. The molecule has 0 atom stereocenters. The first-order valence-corrected chi connectivity index (χ1v) is 3.84. The summed E-state index contributed by atoms with van der Waals surface area (Å²) in [5, 5.41) is 2.91. The van der Waals surface area contributed by atoms with Crippen LogP contribution < -0.4 is 11.1 Å². The third-order valence-electron chi connectivity index (χ3n) is 0.658. The molecule has 0 rings (SSSR count). The van der Waals surface area contributed by atoms with Crippen molar-refractivity contribution < 1.29 is 0 Å². The second kappa shape index (κ2) is 4.84. The molecule has 0 saturated heterocycles. The molecule has 0 aliphatic carbocycles. The summed E-state index contributed by atoms with van der Waals surface area (Å²) in [6, 6.07) is 0. The quantitative estimate of drug-likeness (QED) is 0.543. The fraction of sp³-hybridized carbons (Fsp3) is 0.600. The number of nitrogens with one attached hydrogen (secondary N) is 1. The maximum Gasteiger partial charge on any atom is 0.0886 e. The molecule has 0 radical (unpaired) electrons. The Labute approximate surface area is 54.5 Å². The molecule has 0 aliphatic rings. The lowest BCUT2D eigenvalue weighted by atomic mass is 10.7. The fourth-order valence-corrected chi connectivity index (χ4v) is 0.620. The topological polar surface area (TPSA) is 38.0 Å². The first-order valence-electron chi connectivity index (χ1n) is 2.44. The van der Waals surface area contributed by atoms with E-state index < -0.39 is 0 Å². The van der Waals surface area contributed by atoms with Gasteiger partial charge >= 0.3 is 0 Å². The Hall–Kier alpha value is -0.310. The summed E-state index contributed by atoms with van der Waals surface area (Å²) in [5.74, 6) is 1.63. The maximum absolute atomic E-state index is 5.22. The summed E-state index contributed by atoms with van der Waals surface area (Å²) in [7, 11) is 0. The molecule has 0 aliphatic heterocycles. The van der Waals surface area contributed by atoms with Gasteiger partial charge in [0.2, 0.25) is 0 Å². The minimum atomic E-state index is 0.555. The molecular weight excluding hydrogens is 120 g/mol. The molecule has 0 heterocycles. The molecule has 0 saturated carbocycles. The van der Waals surface area contributed by atoms with Crippen molar-refractivity contribution in [2.75, 3.05) is 18.6 Å². The summed E-state index contributed by atoms with van der Waals surface area (Å²) in [6.45, 7) is 4.40. The second-order valence-corrected chi connectivity index (χ2v) is 2.43. The predicted octanol–water partition coefficient (Wildman–Crippen LogP) is 0.369. The van der Waals surface area contributed by atoms with E-state index >= 15 is 0 Å². The predicted molar refractivity (Wildman–Crippen MR) is 39.7 cm³/mol. The van der Waals surface area contributed by atoms with Crippen molar-refractivity contribution in [2.24, 2.45) is 5.73 Å². The van der Waals surface area contributed by atoms with Crippen LogP contribution in [-0.4, -0.2) is 18.6 Å². The van der Waals surface area contributed by atoms with Gasteiger partial charge < -0.3 is 11.1 Å². The van der Waals surface area contributed by atoms with E-state index in [0.29, 0.717) is 5.82 Å². The van der Waals surface area contributed by atoms with Gasteiger partial charge in [-0.25, -0.2) is 0 Å². The molecule has 8 heavy (non-hydrogen) atoms. The summed E-state index contributed by atoms with van der Waals surface area (Å²) < 4.78 is 0. The lowest BCUT2D eigenvalue weighted by Crippen LogP contribution is -2.20. The normalized spacial score (nSPS) is 8.62. The summed E-state index contributed by atoms with van der Waals surface area (Å²) in [4.78, 5) is 0. The van der Waals surface area contributed by atoms with Gasteiger partial charge in [0.1, 0.15) is 0 Å². The van der Waals surface area contributed by atoms with Crippen LogP contribution in [0.5, 0.6) is 0 Å². The molecule has 3 heteroatoms. The Morgan fingerprint density at radius 2 is 2.50 bits per heavy atom. The average molecular weight is 132 g/mol. The highest BCUT2D eigenvalue weighted by atomic mass is 32.2. The largest absolute Gasteiger partial charge is 0.386 e. The van der Waals surface area contributed by atoms with E-state index in [2.05, 4.69) is 18.2 Å². The van der Waals surface area contributed by atoms with E-state index in [1.165, 1.54) is 0 Å². The summed E-state index contributed by atoms with van der Waals surface area (Å²) in [5.41, 5.74) is 5.22. The highest BCUT2D eigenvalue weighted by molar-refractivity contribution is 7.98. The smallest absolute Gasteiger partial charge is 0.0886 e. The molecule has 3 N–H and O–H groups in total. The zero-order valence-corrected chi connectivity index (χ0v) is 5.92. The molecule has 0 aromatic heterocycles. The zero-order valence-electron chi connectivity index (χ0n) is 5.11. The van der Waals surface area contributed by atoms with Crippen molar-refractivity contribution in [1.82, 2.24) is 5.32 Å². The summed E-state index contributed by atoms with van der Waals surface area (Å²) >= 11 is 1.78. The maximum atomic E-state index is 5.22. The first kappa shape index (κ1) is 7.69. The van der Waals surface area contributed by atoms with Crippen molar-refractivity contribution in [2.45, 2.75) is 0 Å². The Kier molecular flexibility index (Phi) is 4.65. The fourth-order valence-electron chi connectivity index (χ4n) is 0.314. The van der Waals surface area contributed by atoms with E-state index in [1.54, 1.807) is 11.8 Å². The molecule has 0 amide bonds. The van der Waals surface area contributed by atoms with Crippen LogP contribution in [0.3, 0.4) is 0 Å². The van der Waals surface area contributed by atoms with Gasteiger partial charge in [-0.15, -0.1) is 0 Å². The van der Waals surface area contributed by atoms with Gasteiger partial charge in [0.15, 0.2) is 0 Å². The van der Waals surface area contributed by atoms with E-state index in [9.17, 15) is 0 Å². The van der Waals surface area contributed by atoms with Crippen molar-refractivity contribution >= 4 is 11.8 Å². The van der Waals surface area contributed by atoms with Gasteiger partial charge in [-0.2, -0.15) is 11.8 Å². The molecule has 0 spiro atoms. The number of nitrogens with two attached hydrogens (primary N) is 1. The van der Waals surface area contributed by atoms with Crippen LogP contribution >= 0.6 is 11.8 Å². The molecule has 2 nitrogen and oxygen atoms in total. The van der Waals surface area contributed by atoms with Crippen molar-refractivity contribution in [1.29, 1.82) is 0 Å². The van der Waals surface area contributed by atoms with E-state index in [1.807, 2.05) is 0 Å². The Balaban J connectivity index is 2.82. The Bertz CT molecular complexity index is 72.8. The highest BCUT2D eigenvalue weighted by Gasteiger charge is 1.81. The van der Waals surface area contributed by atoms with Gasteiger partial charge in [0.25, 0.3) is 0 Å². The minimum Gasteiger partial charge on any atom is -0.386 e. The van der Waals surface area contributed by atoms with Crippen LogP contribution in [0.25, 0.3) is 0 Å². The molecule has 0 bridgehead atoms. The highest BCUT2D eigenvalue weighted by Crippen LogP contribution is 1.86. The van der Waals surface area contributed by atoms with Crippen LogP contribution in [0, 0.1) is 0 Å². The van der Waals surface area contributed by atoms with Crippen molar-refractivity contribution in [3.05, 3.63) is 12.4 Å². The lowest BCUT2D eigenvalue weighted by molar-refractivity contribution is 0.853. The third kappa shape index (κ3) is 5.69. The lowest BCUT2D eigenvalue weighted by Gasteiger charge is -2.00.